The summed E-state index contributed by atoms with van der Waals surface area (Å²) in [6.45, 7) is -0.402. The Morgan fingerprint density at radius 3 is 2.55 bits per heavy atom. The first kappa shape index (κ1) is 32.5. The molecule has 42 heavy (non-hydrogen) atoms. The molecule has 0 radical (unpaired) electrons. The minimum absolute atomic E-state index is 0.0325. The number of likely N-dealkylation sites (N-methyl/N-ethyl adjacent to an activating group) is 1. The van der Waals surface area contributed by atoms with E-state index in [9.17, 15) is 28.2 Å². The average Bonchev–Trinajstić information content (AvgIpc) is 3.45. The van der Waals surface area contributed by atoms with Gasteiger partial charge in [0.25, 0.3) is 0 Å². The second kappa shape index (κ2) is 14.4. The largest absolute Gasteiger partial charge is 0.394 e. The Labute approximate surface area is 253 Å². The third-order valence-corrected chi connectivity index (χ3v) is 8.40. The van der Waals surface area contributed by atoms with Crippen LogP contribution in [0.5, 0.6) is 0 Å². The van der Waals surface area contributed by atoms with Crippen LogP contribution >= 0.6 is 35.0 Å². The fourth-order valence-electron chi connectivity index (χ4n) is 4.21. The predicted molar refractivity (Wildman–Crippen MR) is 148 cm³/mol. The summed E-state index contributed by atoms with van der Waals surface area (Å²) >= 11 is 13.4. The van der Waals surface area contributed by atoms with Gasteiger partial charge < -0.3 is 29.3 Å². The number of hydrogen-bond acceptors (Lipinski definition) is 9. The van der Waals surface area contributed by atoms with Gasteiger partial charge in [-0.1, -0.05) is 40.2 Å². The number of aliphatic hydroxyl groups is 2. The zero-order valence-corrected chi connectivity index (χ0v) is 24.6. The second-order valence-electron chi connectivity index (χ2n) is 9.32. The van der Waals surface area contributed by atoms with E-state index in [2.05, 4.69) is 10.3 Å². The number of carbonyl (C=O) groups excluding carboxylic acids is 1. The van der Waals surface area contributed by atoms with E-state index in [1.165, 1.54) is 22.9 Å². The standard InChI is InChI=1S/C26H27Cl2F3N4O6S/c1-34(5-6-39-2)21(37)12-40-25-23(35-10-19(32-33-35)13-7-17(29)22(31)18(30)8-13)24(38)20(11-36)41-26(25)42-14-3-4-15(27)16(28)9-14/h3-4,7-10,20,23-26,36,38H,5-6,11-12H2,1-2H3/t20-,23+,24+,25-,26-/m1/s1. The number of hydrogen-bond donors (Lipinski definition) is 2. The fourth-order valence-corrected chi connectivity index (χ4v) is 5.74. The van der Waals surface area contributed by atoms with Crippen LogP contribution in [0.3, 0.4) is 0 Å². The molecule has 2 N–H and O–H groups in total. The maximum Gasteiger partial charge on any atom is 0.248 e. The molecule has 228 valence electrons. The van der Waals surface area contributed by atoms with Crippen LogP contribution in [0.15, 0.2) is 41.4 Å². The van der Waals surface area contributed by atoms with Crippen molar-refractivity contribution in [2.75, 3.05) is 40.5 Å². The van der Waals surface area contributed by atoms with E-state index in [1.54, 1.807) is 25.2 Å². The van der Waals surface area contributed by atoms with E-state index in [4.69, 9.17) is 37.4 Å². The Balaban J connectivity index is 1.69. The van der Waals surface area contributed by atoms with Gasteiger partial charge >= 0.3 is 0 Å². The van der Waals surface area contributed by atoms with Gasteiger partial charge in [-0.3, -0.25) is 4.79 Å². The molecule has 2 aromatic carbocycles. The van der Waals surface area contributed by atoms with Gasteiger partial charge in [-0.05, 0) is 30.3 Å². The van der Waals surface area contributed by atoms with Crippen molar-refractivity contribution in [1.82, 2.24) is 19.9 Å². The average molecular weight is 651 g/mol. The number of carbonyl (C=O) groups is 1. The molecule has 16 heteroatoms. The number of methoxy groups -OCH3 is 1. The highest BCUT2D eigenvalue weighted by Crippen LogP contribution is 2.41. The lowest BCUT2D eigenvalue weighted by Gasteiger charge is -2.43. The smallest absolute Gasteiger partial charge is 0.248 e. The molecule has 2 heterocycles. The van der Waals surface area contributed by atoms with E-state index >= 15 is 0 Å². The third kappa shape index (κ3) is 7.37. The quantitative estimate of drug-likeness (QED) is 0.300. The van der Waals surface area contributed by atoms with Crippen molar-refractivity contribution in [3.63, 3.8) is 0 Å². The molecule has 5 atom stereocenters. The lowest BCUT2D eigenvalue weighted by Crippen LogP contribution is -2.56. The van der Waals surface area contributed by atoms with Crippen LogP contribution in [0.4, 0.5) is 13.2 Å². The molecule has 1 aliphatic rings. The molecule has 1 aliphatic heterocycles. The highest BCUT2D eigenvalue weighted by atomic mass is 35.5. The Hall–Kier alpha value is -2.43. The summed E-state index contributed by atoms with van der Waals surface area (Å²) in [5.41, 5.74) is -1.07. The van der Waals surface area contributed by atoms with Gasteiger partial charge in [0.05, 0.1) is 29.5 Å². The minimum Gasteiger partial charge on any atom is -0.394 e. The fraction of sp³-hybridized carbons (Fsp3) is 0.423. The zero-order valence-electron chi connectivity index (χ0n) is 22.3. The number of ether oxygens (including phenoxy) is 3. The first-order valence-electron chi connectivity index (χ1n) is 12.5. The van der Waals surface area contributed by atoms with Crippen molar-refractivity contribution in [1.29, 1.82) is 0 Å². The van der Waals surface area contributed by atoms with Crippen molar-refractivity contribution in [3.05, 3.63) is 64.0 Å². The Morgan fingerprint density at radius 2 is 1.90 bits per heavy atom. The zero-order chi connectivity index (χ0) is 30.6. The van der Waals surface area contributed by atoms with E-state index in [-0.39, 0.29) is 22.2 Å². The SMILES string of the molecule is COCCN(C)C(=O)CO[C@@H]1[C@@H](n2cc(-c3cc(F)c(F)c(F)c3)nn2)[C@@H](O)[C@@H](CO)O[C@@H]1Sc1ccc(Cl)c(Cl)c1. The summed E-state index contributed by atoms with van der Waals surface area (Å²) < 4.78 is 59.6. The van der Waals surface area contributed by atoms with Crippen LogP contribution in [0, 0.1) is 17.5 Å². The van der Waals surface area contributed by atoms with Crippen molar-refractivity contribution in [2.24, 2.45) is 0 Å². The van der Waals surface area contributed by atoms with Crippen LogP contribution in [-0.2, 0) is 19.0 Å². The summed E-state index contributed by atoms with van der Waals surface area (Å²) in [4.78, 5) is 14.8. The normalized spacial score (nSPS) is 22.4. The molecule has 4 rings (SSSR count). The Kier molecular flexibility index (Phi) is 11.1. The number of nitrogens with zero attached hydrogens (tertiary/aromatic N) is 4. The molecule has 1 aromatic heterocycles. The molecule has 0 saturated carbocycles. The molecule has 0 bridgehead atoms. The van der Waals surface area contributed by atoms with Gasteiger partial charge in [0.1, 0.15) is 42.1 Å². The second-order valence-corrected chi connectivity index (χ2v) is 11.3. The highest BCUT2D eigenvalue weighted by Gasteiger charge is 2.48. The van der Waals surface area contributed by atoms with Crippen LogP contribution in [0.25, 0.3) is 11.3 Å². The van der Waals surface area contributed by atoms with Crippen LogP contribution in [0.2, 0.25) is 10.0 Å². The van der Waals surface area contributed by atoms with Gasteiger partial charge in [-0.15, -0.1) is 5.10 Å². The van der Waals surface area contributed by atoms with Crippen molar-refractivity contribution < 1.29 is 42.4 Å². The van der Waals surface area contributed by atoms with Crippen LogP contribution < -0.4 is 0 Å². The summed E-state index contributed by atoms with van der Waals surface area (Å²) in [5, 5.41) is 29.8. The van der Waals surface area contributed by atoms with Crippen molar-refractivity contribution in [2.45, 2.75) is 34.7 Å². The Morgan fingerprint density at radius 1 is 1.19 bits per heavy atom. The maximum atomic E-state index is 13.9. The van der Waals surface area contributed by atoms with E-state index in [0.717, 1.165) is 23.9 Å². The highest BCUT2D eigenvalue weighted by molar-refractivity contribution is 7.99. The topological polar surface area (TPSA) is 119 Å². The molecule has 10 nitrogen and oxygen atoms in total. The van der Waals surface area contributed by atoms with Crippen LogP contribution in [0.1, 0.15) is 6.04 Å². The summed E-state index contributed by atoms with van der Waals surface area (Å²) in [6.07, 6.45) is -2.35. The van der Waals surface area contributed by atoms with E-state index < -0.39 is 60.5 Å². The van der Waals surface area contributed by atoms with Gasteiger partial charge in [0.15, 0.2) is 17.5 Å². The summed E-state index contributed by atoms with van der Waals surface area (Å²) in [7, 11) is 3.08. The first-order valence-corrected chi connectivity index (χ1v) is 14.1. The number of benzene rings is 2. The number of thioether (sulfide) groups is 1. The van der Waals surface area contributed by atoms with Gasteiger partial charge in [0.2, 0.25) is 5.91 Å². The summed E-state index contributed by atoms with van der Waals surface area (Å²) in [5.74, 6) is -4.85. The number of halogens is 5. The number of rotatable bonds is 11. The molecule has 1 amide bonds. The lowest BCUT2D eigenvalue weighted by atomic mass is 9.97. The molecule has 1 fully saturated rings. The lowest BCUT2D eigenvalue weighted by molar-refractivity contribution is -0.195. The number of amides is 1. The Bertz CT molecular complexity index is 1380. The molecule has 0 unspecified atom stereocenters. The number of aromatic nitrogens is 3. The number of aliphatic hydroxyl groups excluding tert-OH is 2. The van der Waals surface area contributed by atoms with Crippen LogP contribution in [-0.4, -0.2) is 100 Å². The minimum atomic E-state index is -1.63. The van der Waals surface area contributed by atoms with E-state index in [0.29, 0.717) is 23.1 Å². The van der Waals surface area contributed by atoms with Crippen molar-refractivity contribution >= 4 is 40.9 Å². The molecular weight excluding hydrogens is 624 g/mol. The molecule has 1 saturated heterocycles. The van der Waals surface area contributed by atoms with E-state index in [1.807, 2.05) is 0 Å². The molecule has 0 spiro atoms. The first-order chi connectivity index (χ1) is 20.0. The van der Waals surface area contributed by atoms with Crippen molar-refractivity contribution in [3.8, 4) is 11.3 Å². The van der Waals surface area contributed by atoms with Gasteiger partial charge in [0, 0.05) is 31.2 Å². The molecule has 0 aliphatic carbocycles. The predicted octanol–water partition coefficient (Wildman–Crippen LogP) is 3.57. The molecular formula is C26H27Cl2F3N4O6S. The molecule has 3 aromatic rings. The monoisotopic (exact) mass is 650 g/mol. The maximum absolute atomic E-state index is 13.9. The third-order valence-electron chi connectivity index (χ3n) is 6.52. The van der Waals surface area contributed by atoms with Gasteiger partial charge in [-0.2, -0.15) is 0 Å². The van der Waals surface area contributed by atoms with Gasteiger partial charge in [-0.25, -0.2) is 17.9 Å². The summed E-state index contributed by atoms with van der Waals surface area (Å²) in [6, 6.07) is 5.27.